The number of ether oxygens (including phenoxy) is 1. The lowest BCUT2D eigenvalue weighted by Crippen LogP contribution is -2.29. The topological polar surface area (TPSA) is 92.6 Å². The number of halogens is 1. The van der Waals surface area contributed by atoms with Gasteiger partial charge >= 0.3 is 5.91 Å². The molecule has 2 heterocycles. The molecule has 0 aliphatic carbocycles. The number of amides is 1. The first-order valence-corrected chi connectivity index (χ1v) is 14.8. The molecule has 40 heavy (non-hydrogen) atoms. The number of aryl methyl sites for hydroxylation is 2. The van der Waals surface area contributed by atoms with Gasteiger partial charge in [-0.15, -0.1) is 10.2 Å². The third-order valence-corrected chi connectivity index (χ3v) is 8.98. The molecule has 4 aromatic rings. The molecule has 5 rings (SSSR count). The molecule has 0 radical (unpaired) electrons. The number of nitrogens with zero attached hydrogens (tertiary/aromatic N) is 3. The van der Waals surface area contributed by atoms with E-state index in [4.69, 9.17) is 16.3 Å². The van der Waals surface area contributed by atoms with E-state index in [0.717, 1.165) is 16.7 Å². The van der Waals surface area contributed by atoms with Gasteiger partial charge in [0.05, 0.1) is 18.2 Å². The van der Waals surface area contributed by atoms with Crippen molar-refractivity contribution in [1.82, 2.24) is 10.2 Å². The van der Waals surface area contributed by atoms with Crippen LogP contribution in [0.5, 0.6) is 5.75 Å². The van der Waals surface area contributed by atoms with Crippen LogP contribution in [0.3, 0.4) is 0 Å². The van der Waals surface area contributed by atoms with Crippen LogP contribution in [0.4, 0.5) is 5.13 Å². The van der Waals surface area contributed by atoms with Crippen molar-refractivity contribution in [2.24, 2.45) is 0 Å². The highest BCUT2D eigenvalue weighted by atomic mass is 35.5. The average Bonchev–Trinajstić information content (AvgIpc) is 3.52. The van der Waals surface area contributed by atoms with Crippen molar-refractivity contribution < 1.29 is 19.4 Å². The molecule has 1 atom stereocenters. The molecule has 1 N–H and O–H groups in total. The summed E-state index contributed by atoms with van der Waals surface area (Å²) >= 11 is 8.94. The number of anilines is 1. The fourth-order valence-electron chi connectivity index (χ4n) is 4.51. The minimum atomic E-state index is -0.898. The highest BCUT2D eigenvalue weighted by Crippen LogP contribution is 2.44. The molecular weight excluding hydrogens is 566 g/mol. The summed E-state index contributed by atoms with van der Waals surface area (Å²) in [6, 6.07) is 19.4. The van der Waals surface area contributed by atoms with Gasteiger partial charge in [0.2, 0.25) is 5.13 Å². The summed E-state index contributed by atoms with van der Waals surface area (Å²) in [6.07, 6.45) is 0. The van der Waals surface area contributed by atoms with Crippen LogP contribution in [0, 0.1) is 13.8 Å². The number of hydrogen-bond donors (Lipinski definition) is 1. The Hall–Kier alpha value is -3.66. The predicted octanol–water partition coefficient (Wildman–Crippen LogP) is 7.13. The first-order chi connectivity index (χ1) is 19.3. The Morgan fingerprint density at radius 1 is 1.07 bits per heavy atom. The summed E-state index contributed by atoms with van der Waals surface area (Å²) in [5, 5.41) is 21.0. The maximum absolute atomic E-state index is 13.5. The van der Waals surface area contributed by atoms with Crippen molar-refractivity contribution in [3.63, 3.8) is 0 Å². The van der Waals surface area contributed by atoms with Crippen LogP contribution in [-0.4, -0.2) is 33.6 Å². The number of hydrogen-bond acceptors (Lipinski definition) is 8. The van der Waals surface area contributed by atoms with Gasteiger partial charge in [0, 0.05) is 16.3 Å². The van der Waals surface area contributed by atoms with Crippen molar-refractivity contribution >= 4 is 57.3 Å². The minimum Gasteiger partial charge on any atom is -0.507 e. The van der Waals surface area contributed by atoms with Crippen molar-refractivity contribution in [3.05, 3.63) is 105 Å². The minimum absolute atomic E-state index is 0.00308. The van der Waals surface area contributed by atoms with Gasteiger partial charge in [0.1, 0.15) is 11.5 Å². The van der Waals surface area contributed by atoms with Crippen LogP contribution in [0.1, 0.15) is 40.8 Å². The molecule has 0 spiro atoms. The maximum Gasteiger partial charge on any atom is 0.301 e. The zero-order chi connectivity index (χ0) is 28.4. The van der Waals surface area contributed by atoms with Crippen LogP contribution in [-0.2, 0) is 15.3 Å². The van der Waals surface area contributed by atoms with Crippen LogP contribution in [0.15, 0.2) is 76.6 Å². The van der Waals surface area contributed by atoms with Crippen molar-refractivity contribution in [2.75, 3.05) is 11.5 Å². The second kappa shape index (κ2) is 11.8. The van der Waals surface area contributed by atoms with E-state index in [2.05, 4.69) is 10.2 Å². The fraction of sp³-hybridized carbons (Fsp3) is 0.200. The van der Waals surface area contributed by atoms with E-state index in [1.807, 2.05) is 63.2 Å². The summed E-state index contributed by atoms with van der Waals surface area (Å²) in [5.41, 5.74) is 3.80. The molecule has 7 nitrogen and oxygen atoms in total. The molecule has 1 aromatic heterocycles. The van der Waals surface area contributed by atoms with Gasteiger partial charge in [-0.05, 0) is 61.7 Å². The molecule has 3 aromatic carbocycles. The maximum atomic E-state index is 13.5. The van der Waals surface area contributed by atoms with Crippen molar-refractivity contribution in [1.29, 1.82) is 0 Å². The third kappa shape index (κ3) is 5.50. The first-order valence-electron chi connectivity index (χ1n) is 12.6. The zero-order valence-corrected chi connectivity index (χ0v) is 24.4. The van der Waals surface area contributed by atoms with E-state index in [-0.39, 0.29) is 16.5 Å². The summed E-state index contributed by atoms with van der Waals surface area (Å²) < 4.78 is 6.21. The summed E-state index contributed by atoms with van der Waals surface area (Å²) in [5.74, 6) is -0.546. The van der Waals surface area contributed by atoms with Gasteiger partial charge in [-0.2, -0.15) is 0 Å². The van der Waals surface area contributed by atoms with E-state index >= 15 is 0 Å². The van der Waals surface area contributed by atoms with Gasteiger partial charge in [0.25, 0.3) is 5.78 Å². The number of aliphatic hydroxyl groups is 1. The molecule has 1 amide bonds. The molecular formula is C30H26ClN3O4S2. The SMILES string of the molecule is CCOc1ccc(C2/C(=C(\O)c3cc(C)ccc3C)C(=O)C(=O)N2c2nnc(SCc3ccccc3Cl)s2)cc1. The summed E-state index contributed by atoms with van der Waals surface area (Å²) in [7, 11) is 0. The average molecular weight is 592 g/mol. The van der Waals surface area contributed by atoms with Gasteiger partial charge in [-0.3, -0.25) is 14.5 Å². The number of ketones is 1. The number of carbonyl (C=O) groups excluding carboxylic acids is 2. The normalized spacial score (nSPS) is 16.5. The van der Waals surface area contributed by atoms with Crippen molar-refractivity contribution in [3.8, 4) is 5.75 Å². The number of carbonyl (C=O) groups is 2. The highest BCUT2D eigenvalue weighted by molar-refractivity contribution is 8.00. The molecule has 1 aliphatic heterocycles. The molecule has 1 unspecified atom stereocenters. The lowest BCUT2D eigenvalue weighted by Gasteiger charge is -2.23. The Balaban J connectivity index is 1.57. The molecule has 1 saturated heterocycles. The smallest absolute Gasteiger partial charge is 0.301 e. The van der Waals surface area contributed by atoms with Crippen LogP contribution < -0.4 is 9.64 Å². The lowest BCUT2D eigenvalue weighted by molar-refractivity contribution is -0.132. The standard InChI is InChI=1S/C30H26ClN3O4S2/c1-4-38-21-13-11-19(12-14-21)25-24(26(35)22-15-17(2)9-10-18(22)3)27(36)28(37)34(25)29-32-33-30(40-29)39-16-20-7-5-6-8-23(20)31/h5-15,25,35H,4,16H2,1-3H3/b26-24+. The molecule has 1 fully saturated rings. The quantitative estimate of drug-likeness (QED) is 0.0766. The Morgan fingerprint density at radius 2 is 1.82 bits per heavy atom. The van der Waals surface area contributed by atoms with Gasteiger partial charge in [0.15, 0.2) is 4.34 Å². The molecule has 0 saturated carbocycles. The van der Waals surface area contributed by atoms with E-state index in [1.165, 1.54) is 28.0 Å². The van der Waals surface area contributed by atoms with Crippen LogP contribution in [0.2, 0.25) is 5.02 Å². The Labute approximate surface area is 245 Å². The van der Waals surface area contributed by atoms with E-state index in [1.54, 1.807) is 24.3 Å². The number of rotatable bonds is 8. The van der Waals surface area contributed by atoms with E-state index in [9.17, 15) is 14.7 Å². The lowest BCUT2D eigenvalue weighted by atomic mass is 9.93. The zero-order valence-electron chi connectivity index (χ0n) is 22.1. The Morgan fingerprint density at radius 3 is 2.55 bits per heavy atom. The second-order valence-corrected chi connectivity index (χ2v) is 11.8. The number of thioether (sulfide) groups is 1. The van der Waals surface area contributed by atoms with Crippen molar-refractivity contribution in [2.45, 2.75) is 36.9 Å². The number of Topliss-reactive ketones (excluding diaryl/α,β-unsaturated/α-hetero) is 1. The van der Waals surface area contributed by atoms with E-state index < -0.39 is 17.7 Å². The highest BCUT2D eigenvalue weighted by Gasteiger charge is 2.48. The summed E-state index contributed by atoms with van der Waals surface area (Å²) in [4.78, 5) is 28.3. The van der Waals surface area contributed by atoms with Crippen LogP contribution in [0.25, 0.3) is 5.76 Å². The van der Waals surface area contributed by atoms with Gasteiger partial charge in [-0.25, -0.2) is 0 Å². The fourth-order valence-corrected chi connectivity index (χ4v) is 6.66. The number of aliphatic hydroxyl groups excluding tert-OH is 1. The third-order valence-electron chi connectivity index (χ3n) is 6.51. The number of benzene rings is 3. The second-order valence-electron chi connectivity index (χ2n) is 9.22. The number of aromatic nitrogens is 2. The Bertz CT molecular complexity index is 1620. The van der Waals surface area contributed by atoms with Gasteiger partial charge in [-0.1, -0.05) is 82.7 Å². The molecule has 10 heteroatoms. The monoisotopic (exact) mass is 591 g/mol. The van der Waals surface area contributed by atoms with E-state index in [0.29, 0.717) is 38.6 Å². The predicted molar refractivity (Wildman–Crippen MR) is 159 cm³/mol. The Kier molecular flexibility index (Phi) is 8.25. The molecule has 1 aliphatic rings. The largest absolute Gasteiger partial charge is 0.507 e. The van der Waals surface area contributed by atoms with Crippen LogP contribution >= 0.6 is 34.7 Å². The summed E-state index contributed by atoms with van der Waals surface area (Å²) in [6.45, 7) is 6.15. The van der Waals surface area contributed by atoms with Gasteiger partial charge < -0.3 is 9.84 Å². The molecule has 0 bridgehead atoms. The molecule has 204 valence electrons. The first kappa shape index (κ1) is 27.9.